The van der Waals surface area contributed by atoms with E-state index in [4.69, 9.17) is 4.74 Å². The molecule has 3 rings (SSSR count). The highest BCUT2D eigenvalue weighted by molar-refractivity contribution is 9.10. The molecule has 2 N–H and O–H groups in total. The fourth-order valence-electron chi connectivity index (χ4n) is 2.19. The van der Waals surface area contributed by atoms with Gasteiger partial charge in [0.25, 0.3) is 11.6 Å². The number of H-pyrrole nitrogens is 1. The van der Waals surface area contributed by atoms with Crippen LogP contribution in [-0.2, 0) is 0 Å². The van der Waals surface area contributed by atoms with Crippen molar-refractivity contribution in [1.82, 2.24) is 10.2 Å². The average molecular weight is 417 g/mol. The fourth-order valence-corrected chi connectivity index (χ4v) is 2.56. The number of nitrogens with zero attached hydrogens (tertiary/aromatic N) is 2. The molecule has 0 saturated carbocycles. The molecule has 0 atom stereocenters. The third-order valence-corrected chi connectivity index (χ3v) is 4.04. The molecule has 1 aromatic heterocycles. The first-order valence-electron chi connectivity index (χ1n) is 7.46. The summed E-state index contributed by atoms with van der Waals surface area (Å²) in [5, 5.41) is 20.1. The summed E-state index contributed by atoms with van der Waals surface area (Å²) in [6.07, 6.45) is 1.44. The fraction of sp³-hybridized carbons (Fsp3) is 0.0588. The Balaban J connectivity index is 1.88. The summed E-state index contributed by atoms with van der Waals surface area (Å²) >= 11 is 3.19. The van der Waals surface area contributed by atoms with Gasteiger partial charge < -0.3 is 10.1 Å². The molecule has 26 heavy (non-hydrogen) atoms. The second kappa shape index (κ2) is 7.36. The Morgan fingerprint density at radius 1 is 1.23 bits per heavy atom. The first-order valence-corrected chi connectivity index (χ1v) is 8.26. The second-order valence-electron chi connectivity index (χ2n) is 5.43. The number of amides is 1. The lowest BCUT2D eigenvalue weighted by Gasteiger charge is -2.09. The van der Waals surface area contributed by atoms with Gasteiger partial charge >= 0.3 is 0 Å². The van der Waals surface area contributed by atoms with E-state index in [1.165, 1.54) is 24.4 Å². The molecule has 0 fully saturated rings. The maximum atomic E-state index is 12.3. The topological polar surface area (TPSA) is 110 Å². The van der Waals surface area contributed by atoms with Crippen LogP contribution in [0.25, 0.3) is 0 Å². The summed E-state index contributed by atoms with van der Waals surface area (Å²) in [6, 6.07) is 11.3. The number of benzene rings is 2. The number of rotatable bonds is 5. The number of hydrogen-bond acceptors (Lipinski definition) is 5. The van der Waals surface area contributed by atoms with Crippen LogP contribution >= 0.6 is 15.9 Å². The van der Waals surface area contributed by atoms with Gasteiger partial charge in [-0.25, -0.2) is 0 Å². The van der Waals surface area contributed by atoms with Crippen LogP contribution in [0.2, 0.25) is 0 Å². The van der Waals surface area contributed by atoms with E-state index in [0.29, 0.717) is 10.2 Å². The number of anilines is 1. The highest BCUT2D eigenvalue weighted by Crippen LogP contribution is 2.30. The van der Waals surface area contributed by atoms with E-state index in [1.807, 2.05) is 19.1 Å². The Bertz CT molecular complexity index is 969. The van der Waals surface area contributed by atoms with Gasteiger partial charge in [0.1, 0.15) is 17.2 Å². The molecule has 0 unspecified atom stereocenters. The molecule has 1 heterocycles. The molecule has 8 nitrogen and oxygen atoms in total. The number of nitro groups is 1. The molecule has 0 aliphatic rings. The van der Waals surface area contributed by atoms with Crippen molar-refractivity contribution in [3.63, 3.8) is 0 Å². The van der Waals surface area contributed by atoms with Crippen molar-refractivity contribution < 1.29 is 14.5 Å². The summed E-state index contributed by atoms with van der Waals surface area (Å²) in [4.78, 5) is 22.9. The summed E-state index contributed by atoms with van der Waals surface area (Å²) in [6.45, 7) is 1.94. The summed E-state index contributed by atoms with van der Waals surface area (Å²) in [5.41, 5.74) is 1.30. The van der Waals surface area contributed by atoms with Gasteiger partial charge in [-0.3, -0.25) is 20.0 Å². The summed E-state index contributed by atoms with van der Waals surface area (Å²) in [7, 11) is 0. The first-order chi connectivity index (χ1) is 12.4. The molecular weight excluding hydrogens is 404 g/mol. The van der Waals surface area contributed by atoms with Crippen molar-refractivity contribution in [3.8, 4) is 11.5 Å². The molecule has 2 aromatic carbocycles. The zero-order valence-electron chi connectivity index (χ0n) is 13.5. The van der Waals surface area contributed by atoms with Crippen molar-refractivity contribution in [2.24, 2.45) is 0 Å². The first kappa shape index (κ1) is 17.6. The van der Waals surface area contributed by atoms with Crippen LogP contribution in [-0.4, -0.2) is 21.0 Å². The Labute approximate surface area is 156 Å². The van der Waals surface area contributed by atoms with Crippen molar-refractivity contribution in [3.05, 3.63) is 74.5 Å². The van der Waals surface area contributed by atoms with Gasteiger partial charge in [0.15, 0.2) is 0 Å². The molecule has 0 bridgehead atoms. The lowest BCUT2D eigenvalue weighted by molar-refractivity contribution is -0.384. The van der Waals surface area contributed by atoms with Crippen molar-refractivity contribution in [2.45, 2.75) is 6.92 Å². The zero-order chi connectivity index (χ0) is 18.7. The van der Waals surface area contributed by atoms with Crippen LogP contribution < -0.4 is 10.1 Å². The standard InChI is InChI=1S/C17H13BrN4O4/c1-10-2-4-13(5-3-10)26-14-7-11(6-12(8-14)22(24)25)20-17(23)16-15(18)9-19-21-16/h2-9H,1H3,(H,19,21)(H,20,23). The minimum atomic E-state index is -0.552. The molecule has 0 aliphatic carbocycles. The third kappa shape index (κ3) is 4.06. The molecule has 0 aliphatic heterocycles. The van der Waals surface area contributed by atoms with E-state index < -0.39 is 10.8 Å². The molecule has 132 valence electrons. The van der Waals surface area contributed by atoms with Crippen molar-refractivity contribution in [2.75, 3.05) is 5.32 Å². The third-order valence-electron chi connectivity index (χ3n) is 3.44. The quantitative estimate of drug-likeness (QED) is 0.471. The van der Waals surface area contributed by atoms with E-state index in [0.717, 1.165) is 5.56 Å². The van der Waals surface area contributed by atoms with Gasteiger partial charge in [0.2, 0.25) is 0 Å². The normalized spacial score (nSPS) is 10.4. The predicted molar refractivity (Wildman–Crippen MR) is 98.6 cm³/mol. The minimum Gasteiger partial charge on any atom is -0.457 e. The number of hydrogen-bond donors (Lipinski definition) is 2. The number of carbonyl (C=O) groups is 1. The Hall–Kier alpha value is -3.20. The number of aromatic nitrogens is 2. The summed E-state index contributed by atoms with van der Waals surface area (Å²) < 4.78 is 6.16. The van der Waals surface area contributed by atoms with Gasteiger partial charge in [-0.1, -0.05) is 17.7 Å². The maximum absolute atomic E-state index is 12.3. The molecule has 0 spiro atoms. The number of carbonyl (C=O) groups excluding carboxylic acids is 1. The van der Waals surface area contributed by atoms with Crippen LogP contribution in [0, 0.1) is 17.0 Å². The zero-order valence-corrected chi connectivity index (χ0v) is 15.1. The highest BCUT2D eigenvalue weighted by Gasteiger charge is 2.16. The van der Waals surface area contributed by atoms with Crippen LogP contribution in [0.4, 0.5) is 11.4 Å². The lowest BCUT2D eigenvalue weighted by Crippen LogP contribution is -2.13. The number of aromatic amines is 1. The monoisotopic (exact) mass is 416 g/mol. The van der Waals surface area contributed by atoms with Crippen molar-refractivity contribution >= 4 is 33.2 Å². The van der Waals surface area contributed by atoms with Gasteiger partial charge in [-0.05, 0) is 35.0 Å². The smallest absolute Gasteiger partial charge is 0.275 e. The van der Waals surface area contributed by atoms with Crippen LogP contribution in [0.3, 0.4) is 0 Å². The predicted octanol–water partition coefficient (Wildman–Crippen LogP) is 4.43. The highest BCUT2D eigenvalue weighted by atomic mass is 79.9. The maximum Gasteiger partial charge on any atom is 0.275 e. The Morgan fingerprint density at radius 3 is 2.58 bits per heavy atom. The SMILES string of the molecule is Cc1ccc(Oc2cc(NC(=O)c3[nH]ncc3Br)cc([N+](=O)[O-])c2)cc1. The van der Waals surface area contributed by atoms with Crippen LogP contribution in [0.1, 0.15) is 16.1 Å². The van der Waals surface area contributed by atoms with E-state index >= 15 is 0 Å². The minimum absolute atomic E-state index is 0.200. The van der Waals surface area contributed by atoms with E-state index in [2.05, 4.69) is 31.4 Å². The molecule has 9 heteroatoms. The molecule has 0 saturated heterocycles. The Kier molecular flexibility index (Phi) is 4.99. The summed E-state index contributed by atoms with van der Waals surface area (Å²) in [5.74, 6) is 0.280. The Morgan fingerprint density at radius 2 is 1.96 bits per heavy atom. The molecule has 1 amide bonds. The molecule has 3 aromatic rings. The number of nitro benzene ring substituents is 1. The molecule has 0 radical (unpaired) electrons. The van der Waals surface area contributed by atoms with Crippen LogP contribution in [0.15, 0.2) is 53.1 Å². The largest absolute Gasteiger partial charge is 0.457 e. The van der Waals surface area contributed by atoms with E-state index in [-0.39, 0.29) is 22.8 Å². The molecular formula is C17H13BrN4O4. The van der Waals surface area contributed by atoms with Gasteiger partial charge in [-0.15, -0.1) is 0 Å². The van der Waals surface area contributed by atoms with E-state index in [1.54, 1.807) is 12.1 Å². The van der Waals surface area contributed by atoms with Gasteiger partial charge in [-0.2, -0.15) is 5.10 Å². The number of aryl methyl sites for hydroxylation is 1. The number of nitrogens with one attached hydrogen (secondary N) is 2. The average Bonchev–Trinajstić information content (AvgIpc) is 3.03. The second-order valence-corrected chi connectivity index (χ2v) is 6.29. The lowest BCUT2D eigenvalue weighted by atomic mass is 10.2. The number of non-ortho nitro benzene ring substituents is 1. The van der Waals surface area contributed by atoms with Gasteiger partial charge in [0, 0.05) is 12.1 Å². The number of halogens is 1. The van der Waals surface area contributed by atoms with Crippen LogP contribution in [0.5, 0.6) is 11.5 Å². The van der Waals surface area contributed by atoms with Gasteiger partial charge in [0.05, 0.1) is 27.3 Å². The van der Waals surface area contributed by atoms with Crippen molar-refractivity contribution in [1.29, 1.82) is 0 Å². The number of ether oxygens (including phenoxy) is 1. The van der Waals surface area contributed by atoms with E-state index in [9.17, 15) is 14.9 Å².